The normalized spacial score (nSPS) is 10.2. The highest BCUT2D eigenvalue weighted by Crippen LogP contribution is 2.20. The van der Waals surface area contributed by atoms with Crippen molar-refractivity contribution in [2.24, 2.45) is 0 Å². The average molecular weight is 289 g/mol. The second-order valence-corrected chi connectivity index (χ2v) is 5.49. The van der Waals surface area contributed by atoms with E-state index >= 15 is 0 Å². The lowest BCUT2D eigenvalue weighted by molar-refractivity contribution is 0.0606. The molecule has 0 spiro atoms. The maximum atomic E-state index is 12.1. The van der Waals surface area contributed by atoms with Crippen LogP contribution in [0.4, 0.5) is 5.69 Å². The maximum Gasteiger partial charge on any atom is 0.348 e. The van der Waals surface area contributed by atoms with Gasteiger partial charge >= 0.3 is 5.97 Å². The zero-order valence-electron chi connectivity index (χ0n) is 11.5. The summed E-state index contributed by atoms with van der Waals surface area (Å²) < 4.78 is 4.62. The van der Waals surface area contributed by atoms with Crippen LogP contribution in [-0.4, -0.2) is 19.0 Å². The topological polar surface area (TPSA) is 55.4 Å². The number of amides is 1. The van der Waals surface area contributed by atoms with Crippen LogP contribution in [-0.2, 0) is 4.74 Å². The fraction of sp³-hybridized carbons (Fsp3) is 0.200. The number of thiophene rings is 1. The first-order chi connectivity index (χ1) is 9.51. The smallest absolute Gasteiger partial charge is 0.348 e. The summed E-state index contributed by atoms with van der Waals surface area (Å²) in [5, 5.41) is 2.82. The van der Waals surface area contributed by atoms with E-state index in [1.807, 2.05) is 32.0 Å². The molecule has 1 amide bonds. The fourth-order valence-corrected chi connectivity index (χ4v) is 2.50. The van der Waals surface area contributed by atoms with Crippen molar-refractivity contribution in [3.8, 4) is 0 Å². The molecule has 5 heteroatoms. The van der Waals surface area contributed by atoms with E-state index in [0.717, 1.165) is 22.6 Å². The van der Waals surface area contributed by atoms with E-state index in [1.54, 1.807) is 12.1 Å². The first kappa shape index (κ1) is 14.3. The Kier molecular flexibility index (Phi) is 4.20. The Labute approximate surface area is 121 Å². The third-order valence-electron chi connectivity index (χ3n) is 2.98. The Morgan fingerprint density at radius 2 is 1.75 bits per heavy atom. The number of rotatable bonds is 3. The molecule has 2 rings (SSSR count). The molecule has 1 N–H and O–H groups in total. The van der Waals surface area contributed by atoms with Crippen LogP contribution in [0.15, 0.2) is 30.3 Å². The van der Waals surface area contributed by atoms with Crippen LogP contribution in [0.5, 0.6) is 0 Å². The standard InChI is InChI=1S/C15H15NO3S/c1-9-4-5-11(8-10(9)2)16-14(17)12-6-7-13(20-12)15(18)19-3/h4-8H,1-3H3,(H,16,17). The van der Waals surface area contributed by atoms with Crippen LogP contribution >= 0.6 is 11.3 Å². The summed E-state index contributed by atoms with van der Waals surface area (Å²) in [4.78, 5) is 24.3. The molecular weight excluding hydrogens is 274 g/mol. The van der Waals surface area contributed by atoms with Gasteiger partial charge in [0.25, 0.3) is 5.91 Å². The number of hydrogen-bond acceptors (Lipinski definition) is 4. The zero-order valence-corrected chi connectivity index (χ0v) is 12.3. The van der Waals surface area contributed by atoms with Crippen LogP contribution < -0.4 is 5.32 Å². The Bertz CT molecular complexity index is 661. The van der Waals surface area contributed by atoms with Gasteiger partial charge in [0, 0.05) is 5.69 Å². The van der Waals surface area contributed by atoms with E-state index in [4.69, 9.17) is 0 Å². The third kappa shape index (κ3) is 3.05. The van der Waals surface area contributed by atoms with Gasteiger partial charge in [0.05, 0.1) is 12.0 Å². The fourth-order valence-electron chi connectivity index (χ4n) is 1.68. The molecule has 4 nitrogen and oxygen atoms in total. The van der Waals surface area contributed by atoms with Crippen molar-refractivity contribution in [3.63, 3.8) is 0 Å². The molecule has 104 valence electrons. The number of anilines is 1. The van der Waals surface area contributed by atoms with Gasteiger partial charge in [-0.2, -0.15) is 0 Å². The van der Waals surface area contributed by atoms with Crippen LogP contribution in [0.3, 0.4) is 0 Å². The Balaban J connectivity index is 2.13. The van der Waals surface area contributed by atoms with Gasteiger partial charge in [0.1, 0.15) is 4.88 Å². The van der Waals surface area contributed by atoms with E-state index in [1.165, 1.54) is 12.7 Å². The van der Waals surface area contributed by atoms with Crippen molar-refractivity contribution in [1.82, 2.24) is 0 Å². The minimum absolute atomic E-state index is 0.228. The minimum atomic E-state index is -0.430. The van der Waals surface area contributed by atoms with Crippen molar-refractivity contribution in [1.29, 1.82) is 0 Å². The van der Waals surface area contributed by atoms with Crippen LogP contribution in [0.2, 0.25) is 0 Å². The van der Waals surface area contributed by atoms with E-state index in [2.05, 4.69) is 10.1 Å². The maximum absolute atomic E-state index is 12.1. The average Bonchev–Trinajstić information content (AvgIpc) is 2.92. The minimum Gasteiger partial charge on any atom is -0.465 e. The molecule has 1 heterocycles. The molecule has 0 unspecified atom stereocenters. The predicted molar refractivity (Wildman–Crippen MR) is 79.5 cm³/mol. The third-order valence-corrected chi connectivity index (χ3v) is 4.05. The van der Waals surface area contributed by atoms with Crippen molar-refractivity contribution >= 4 is 28.9 Å². The Morgan fingerprint density at radius 3 is 2.40 bits per heavy atom. The molecule has 0 saturated carbocycles. The molecule has 0 atom stereocenters. The van der Waals surface area contributed by atoms with Gasteiger partial charge in [-0.05, 0) is 49.2 Å². The number of methoxy groups -OCH3 is 1. The Hall–Kier alpha value is -2.14. The lowest BCUT2D eigenvalue weighted by Gasteiger charge is -2.06. The second-order valence-electron chi connectivity index (χ2n) is 4.41. The quantitative estimate of drug-likeness (QED) is 0.881. The summed E-state index contributed by atoms with van der Waals surface area (Å²) in [6, 6.07) is 8.94. The number of esters is 1. The van der Waals surface area contributed by atoms with Gasteiger partial charge in [-0.1, -0.05) is 6.07 Å². The zero-order chi connectivity index (χ0) is 14.7. The summed E-state index contributed by atoms with van der Waals surface area (Å²) in [6.07, 6.45) is 0. The lowest BCUT2D eigenvalue weighted by Crippen LogP contribution is -2.10. The van der Waals surface area contributed by atoms with Crippen LogP contribution in [0.1, 0.15) is 30.5 Å². The molecular formula is C15H15NO3S. The van der Waals surface area contributed by atoms with Crippen molar-refractivity contribution < 1.29 is 14.3 Å². The van der Waals surface area contributed by atoms with Crippen molar-refractivity contribution in [2.45, 2.75) is 13.8 Å². The highest BCUT2D eigenvalue weighted by molar-refractivity contribution is 7.16. The number of benzene rings is 1. The molecule has 1 aromatic heterocycles. The molecule has 1 aromatic carbocycles. The molecule has 0 saturated heterocycles. The summed E-state index contributed by atoms with van der Waals surface area (Å²) in [5.41, 5.74) is 3.03. The van der Waals surface area contributed by atoms with Crippen LogP contribution in [0.25, 0.3) is 0 Å². The van der Waals surface area contributed by atoms with E-state index in [9.17, 15) is 9.59 Å². The van der Waals surface area contributed by atoms with Gasteiger partial charge in [-0.25, -0.2) is 4.79 Å². The highest BCUT2D eigenvalue weighted by atomic mass is 32.1. The van der Waals surface area contributed by atoms with Crippen LogP contribution in [0, 0.1) is 13.8 Å². The number of hydrogen-bond donors (Lipinski definition) is 1. The number of carbonyl (C=O) groups is 2. The molecule has 0 aliphatic carbocycles. The molecule has 0 bridgehead atoms. The molecule has 0 radical (unpaired) electrons. The molecule has 0 aliphatic heterocycles. The monoisotopic (exact) mass is 289 g/mol. The summed E-state index contributed by atoms with van der Waals surface area (Å²) in [6.45, 7) is 4.01. The molecule has 0 aliphatic rings. The molecule has 0 fully saturated rings. The predicted octanol–water partition coefficient (Wildman–Crippen LogP) is 3.40. The summed E-state index contributed by atoms with van der Waals surface area (Å²) in [7, 11) is 1.32. The van der Waals surface area contributed by atoms with Gasteiger partial charge < -0.3 is 10.1 Å². The number of ether oxygens (including phenoxy) is 1. The van der Waals surface area contributed by atoms with E-state index in [0.29, 0.717) is 9.75 Å². The summed E-state index contributed by atoms with van der Waals surface area (Å²) >= 11 is 1.11. The molecule has 2 aromatic rings. The highest BCUT2D eigenvalue weighted by Gasteiger charge is 2.14. The van der Waals surface area contributed by atoms with Gasteiger partial charge in [-0.15, -0.1) is 11.3 Å². The van der Waals surface area contributed by atoms with Crippen molar-refractivity contribution in [3.05, 3.63) is 51.2 Å². The number of aryl methyl sites for hydroxylation is 2. The van der Waals surface area contributed by atoms with Gasteiger partial charge in [0.15, 0.2) is 0 Å². The summed E-state index contributed by atoms with van der Waals surface area (Å²) in [5.74, 6) is -0.659. The largest absolute Gasteiger partial charge is 0.465 e. The van der Waals surface area contributed by atoms with Gasteiger partial charge in [-0.3, -0.25) is 4.79 Å². The Morgan fingerprint density at radius 1 is 1.05 bits per heavy atom. The SMILES string of the molecule is COC(=O)c1ccc(C(=O)Nc2ccc(C)c(C)c2)s1. The second kappa shape index (κ2) is 5.88. The van der Waals surface area contributed by atoms with E-state index in [-0.39, 0.29) is 5.91 Å². The first-order valence-corrected chi connectivity index (χ1v) is 6.89. The molecule has 20 heavy (non-hydrogen) atoms. The van der Waals surface area contributed by atoms with Gasteiger partial charge in [0.2, 0.25) is 0 Å². The van der Waals surface area contributed by atoms with E-state index < -0.39 is 5.97 Å². The number of carbonyl (C=O) groups excluding carboxylic acids is 2. The first-order valence-electron chi connectivity index (χ1n) is 6.08. The lowest BCUT2D eigenvalue weighted by atomic mass is 10.1. The number of nitrogens with one attached hydrogen (secondary N) is 1. The van der Waals surface area contributed by atoms with Crippen molar-refractivity contribution in [2.75, 3.05) is 12.4 Å².